The van der Waals surface area contributed by atoms with E-state index in [9.17, 15) is 22.0 Å². The maximum atomic E-state index is 14.0. The SMILES string of the molecule is C#Cc1cccc(C2(C(F)(F)F)C=N2)c1Cn1nc2nc(C(C)(C)C)nc(N3CCC(F)(F)C3)c2n1. The molecule has 0 bridgehead atoms. The van der Waals surface area contributed by atoms with Gasteiger partial charge >= 0.3 is 6.18 Å². The summed E-state index contributed by atoms with van der Waals surface area (Å²) in [5, 5.41) is 8.79. The summed E-state index contributed by atoms with van der Waals surface area (Å²) in [6, 6.07) is 4.31. The normalized spacial score (nSPS) is 21.2. The Labute approximate surface area is 203 Å². The van der Waals surface area contributed by atoms with Gasteiger partial charge in [-0.1, -0.05) is 38.8 Å². The lowest BCUT2D eigenvalue weighted by Crippen LogP contribution is -2.33. The van der Waals surface area contributed by atoms with E-state index in [1.165, 1.54) is 27.9 Å². The van der Waals surface area contributed by atoms with Gasteiger partial charge in [-0.05, 0) is 11.6 Å². The lowest BCUT2D eigenvalue weighted by molar-refractivity contribution is -0.156. The van der Waals surface area contributed by atoms with Crippen molar-refractivity contribution in [2.75, 3.05) is 18.0 Å². The first-order valence-corrected chi connectivity index (χ1v) is 11.2. The summed E-state index contributed by atoms with van der Waals surface area (Å²) in [6.45, 7) is 4.98. The van der Waals surface area contributed by atoms with Crippen molar-refractivity contribution in [2.24, 2.45) is 4.99 Å². The van der Waals surface area contributed by atoms with Gasteiger partial charge in [0.1, 0.15) is 5.82 Å². The fraction of sp³-hybridized carbons (Fsp3) is 0.458. The highest BCUT2D eigenvalue weighted by Gasteiger charge is 2.62. The molecule has 36 heavy (non-hydrogen) atoms. The Hall–Kier alpha value is -3.62. The second-order valence-corrected chi connectivity index (χ2v) is 10.0. The van der Waals surface area contributed by atoms with Crippen LogP contribution in [0.5, 0.6) is 0 Å². The smallest absolute Gasteiger partial charge is 0.348 e. The van der Waals surface area contributed by atoms with Gasteiger partial charge in [-0.3, -0.25) is 4.99 Å². The van der Waals surface area contributed by atoms with Gasteiger partial charge in [0.2, 0.25) is 11.2 Å². The molecule has 2 aliphatic rings. The van der Waals surface area contributed by atoms with E-state index in [4.69, 9.17) is 6.42 Å². The minimum atomic E-state index is -4.64. The number of hydrogen-bond donors (Lipinski definition) is 0. The number of rotatable bonds is 4. The molecule has 2 aliphatic heterocycles. The van der Waals surface area contributed by atoms with Gasteiger partial charge in [-0.2, -0.15) is 18.0 Å². The Kier molecular flexibility index (Phi) is 5.14. The molecular formula is C24H22F5N7. The van der Waals surface area contributed by atoms with E-state index in [0.29, 0.717) is 5.82 Å². The summed E-state index contributed by atoms with van der Waals surface area (Å²) in [6.07, 6.45) is 1.47. The van der Waals surface area contributed by atoms with E-state index in [1.54, 1.807) is 0 Å². The van der Waals surface area contributed by atoms with Crippen molar-refractivity contribution in [1.29, 1.82) is 0 Å². The third-order valence-electron chi connectivity index (χ3n) is 6.27. The zero-order chi connectivity index (χ0) is 26.1. The van der Waals surface area contributed by atoms with Crippen LogP contribution in [0, 0.1) is 12.3 Å². The van der Waals surface area contributed by atoms with E-state index < -0.39 is 29.6 Å². The van der Waals surface area contributed by atoms with Crippen molar-refractivity contribution in [3.63, 3.8) is 0 Å². The van der Waals surface area contributed by atoms with Crippen LogP contribution in [0.15, 0.2) is 23.2 Å². The maximum Gasteiger partial charge on any atom is 0.422 e. The van der Waals surface area contributed by atoms with Gasteiger partial charge in [-0.25, -0.2) is 18.7 Å². The molecule has 0 saturated carbocycles. The molecule has 5 rings (SSSR count). The third-order valence-corrected chi connectivity index (χ3v) is 6.27. The molecule has 2 aromatic heterocycles. The number of aromatic nitrogens is 5. The van der Waals surface area contributed by atoms with Crippen molar-refractivity contribution in [3.8, 4) is 12.3 Å². The number of anilines is 1. The van der Waals surface area contributed by atoms with Crippen molar-refractivity contribution < 1.29 is 22.0 Å². The van der Waals surface area contributed by atoms with E-state index >= 15 is 0 Å². The molecule has 0 radical (unpaired) electrons. The van der Waals surface area contributed by atoms with Gasteiger partial charge in [0.15, 0.2) is 11.3 Å². The maximum absolute atomic E-state index is 14.0. The molecular weight excluding hydrogens is 481 g/mol. The Bertz CT molecular complexity index is 1420. The molecule has 0 N–H and O–H groups in total. The first-order valence-electron chi connectivity index (χ1n) is 11.2. The summed E-state index contributed by atoms with van der Waals surface area (Å²) in [5.41, 5.74) is -2.27. The molecule has 4 heterocycles. The number of aliphatic imine (C=N–C) groups is 1. The van der Waals surface area contributed by atoms with Crippen molar-refractivity contribution in [2.45, 2.75) is 56.8 Å². The van der Waals surface area contributed by atoms with Gasteiger partial charge in [0.05, 0.1) is 13.1 Å². The van der Waals surface area contributed by atoms with Crippen molar-refractivity contribution >= 4 is 23.2 Å². The van der Waals surface area contributed by atoms with Crippen LogP contribution < -0.4 is 4.90 Å². The minimum absolute atomic E-state index is 0.0745. The van der Waals surface area contributed by atoms with Gasteiger partial charge < -0.3 is 4.90 Å². The molecule has 1 atom stereocenters. The molecule has 7 nitrogen and oxygen atoms in total. The molecule has 3 aromatic rings. The molecule has 1 aromatic carbocycles. The largest absolute Gasteiger partial charge is 0.422 e. The van der Waals surface area contributed by atoms with E-state index in [2.05, 4.69) is 31.1 Å². The first-order chi connectivity index (χ1) is 16.7. The Balaban J connectivity index is 1.62. The number of halogens is 5. The predicted octanol–water partition coefficient (Wildman–Crippen LogP) is 4.24. The number of hydrogen-bond acceptors (Lipinski definition) is 6. The third kappa shape index (κ3) is 3.96. The first kappa shape index (κ1) is 24.1. The lowest BCUT2D eigenvalue weighted by Gasteiger charge is -2.21. The summed E-state index contributed by atoms with van der Waals surface area (Å²) in [4.78, 5) is 15.2. The van der Waals surface area contributed by atoms with Gasteiger partial charge in [0.25, 0.3) is 5.92 Å². The second kappa shape index (κ2) is 7.69. The average Bonchev–Trinajstić information content (AvgIpc) is 3.38. The Morgan fingerprint density at radius 1 is 1.11 bits per heavy atom. The fourth-order valence-corrected chi connectivity index (χ4v) is 4.27. The average molecular weight is 503 g/mol. The van der Waals surface area contributed by atoms with E-state index in [-0.39, 0.29) is 53.2 Å². The molecule has 0 amide bonds. The number of benzene rings is 1. The topological polar surface area (TPSA) is 72.1 Å². The summed E-state index contributed by atoms with van der Waals surface area (Å²) in [7, 11) is 0. The van der Waals surface area contributed by atoms with Crippen LogP contribution in [0.1, 0.15) is 49.7 Å². The number of alkyl halides is 5. The van der Waals surface area contributed by atoms with Crippen LogP contribution in [0.2, 0.25) is 0 Å². The Morgan fingerprint density at radius 2 is 1.83 bits per heavy atom. The van der Waals surface area contributed by atoms with Crippen LogP contribution in [-0.4, -0.2) is 56.4 Å². The summed E-state index contributed by atoms with van der Waals surface area (Å²) < 4.78 is 69.5. The standard InChI is InChI=1S/C24H22F5N7/c1-5-14-7-6-8-16(23(12-30-23)24(27,28)29)15(14)11-36-33-17-18(34-36)31-20(21(2,3)4)32-19(17)35-10-9-22(25,26)13-35/h1,6-8,12H,9-11,13H2,2-4H3. The molecule has 0 aliphatic carbocycles. The zero-order valence-electron chi connectivity index (χ0n) is 19.7. The van der Waals surface area contributed by atoms with Crippen LogP contribution in [0.25, 0.3) is 11.2 Å². The van der Waals surface area contributed by atoms with Gasteiger partial charge in [-0.15, -0.1) is 16.6 Å². The van der Waals surface area contributed by atoms with Gasteiger partial charge in [0, 0.05) is 35.7 Å². The highest BCUT2D eigenvalue weighted by atomic mass is 19.4. The fourth-order valence-electron chi connectivity index (χ4n) is 4.27. The molecule has 1 saturated heterocycles. The predicted molar refractivity (Wildman–Crippen MR) is 123 cm³/mol. The summed E-state index contributed by atoms with van der Waals surface area (Å²) >= 11 is 0. The lowest BCUT2D eigenvalue weighted by atomic mass is 9.89. The van der Waals surface area contributed by atoms with Crippen LogP contribution in [0.4, 0.5) is 27.8 Å². The number of fused-ring (bicyclic) bond motifs is 1. The van der Waals surface area contributed by atoms with Crippen LogP contribution >= 0.6 is 0 Å². The Morgan fingerprint density at radius 3 is 2.39 bits per heavy atom. The van der Waals surface area contributed by atoms with E-state index in [0.717, 1.165) is 6.21 Å². The number of terminal acetylenes is 1. The minimum Gasteiger partial charge on any atom is -0.348 e. The highest BCUT2D eigenvalue weighted by molar-refractivity contribution is 5.88. The molecule has 1 unspecified atom stereocenters. The highest BCUT2D eigenvalue weighted by Crippen LogP contribution is 2.49. The summed E-state index contributed by atoms with van der Waals surface area (Å²) in [5.74, 6) is 0.162. The van der Waals surface area contributed by atoms with E-state index in [1.807, 2.05) is 20.8 Å². The van der Waals surface area contributed by atoms with Crippen molar-refractivity contribution in [3.05, 3.63) is 40.7 Å². The van der Waals surface area contributed by atoms with Crippen LogP contribution in [-0.2, 0) is 17.5 Å². The molecule has 1 fully saturated rings. The molecule has 12 heteroatoms. The zero-order valence-corrected chi connectivity index (χ0v) is 19.7. The molecule has 188 valence electrons. The second-order valence-electron chi connectivity index (χ2n) is 10.0. The van der Waals surface area contributed by atoms with Crippen molar-refractivity contribution in [1.82, 2.24) is 25.0 Å². The quantitative estimate of drug-likeness (QED) is 0.394. The number of nitrogens with zero attached hydrogens (tertiary/aromatic N) is 7. The molecule has 0 spiro atoms. The van der Waals surface area contributed by atoms with Crippen LogP contribution in [0.3, 0.4) is 0 Å². The monoisotopic (exact) mass is 503 g/mol.